The second kappa shape index (κ2) is 3.07. The molecule has 78 valence electrons. The van der Waals surface area contributed by atoms with Crippen molar-refractivity contribution in [3.63, 3.8) is 0 Å². The molecule has 0 spiro atoms. The Hall–Kier alpha value is -1.35. The number of hydrogen-bond acceptors (Lipinski definition) is 2. The average Bonchev–Trinajstić information content (AvgIpc) is 2.96. The Balaban J connectivity index is 1.97. The van der Waals surface area contributed by atoms with Gasteiger partial charge in [-0.2, -0.15) is 0 Å². The van der Waals surface area contributed by atoms with Crippen molar-refractivity contribution in [2.45, 2.75) is 31.8 Å². The van der Waals surface area contributed by atoms with Gasteiger partial charge in [-0.15, -0.1) is 0 Å². The summed E-state index contributed by atoms with van der Waals surface area (Å²) >= 11 is 0. The molecule has 15 heavy (non-hydrogen) atoms. The second-order valence-electron chi connectivity index (χ2n) is 4.40. The molecule has 1 fully saturated rings. The molecule has 1 unspecified atom stereocenters. The molecule has 1 atom stereocenters. The van der Waals surface area contributed by atoms with Crippen LogP contribution in [0.3, 0.4) is 0 Å². The van der Waals surface area contributed by atoms with Gasteiger partial charge in [-0.3, -0.25) is 10.1 Å². The first-order valence-corrected chi connectivity index (χ1v) is 5.42. The fourth-order valence-electron chi connectivity index (χ4n) is 2.09. The summed E-state index contributed by atoms with van der Waals surface area (Å²) in [5, 5.41) is 6.32. The first kappa shape index (κ1) is 8.92. The van der Waals surface area contributed by atoms with Crippen molar-refractivity contribution in [3.05, 3.63) is 29.3 Å². The maximum Gasteiger partial charge on any atom is 0.246 e. The lowest BCUT2D eigenvalue weighted by Gasteiger charge is -2.10. The van der Waals surface area contributed by atoms with Crippen molar-refractivity contribution in [3.8, 4) is 0 Å². The molecule has 1 aromatic rings. The van der Waals surface area contributed by atoms with Crippen LogP contribution in [-0.2, 0) is 4.79 Å². The Kier molecular flexibility index (Phi) is 1.83. The highest BCUT2D eigenvalue weighted by Crippen LogP contribution is 2.35. The van der Waals surface area contributed by atoms with Crippen LogP contribution in [0.1, 0.15) is 30.0 Å². The van der Waals surface area contributed by atoms with E-state index in [1.165, 1.54) is 12.8 Å². The topological polar surface area (TPSA) is 41.1 Å². The predicted molar refractivity (Wildman–Crippen MR) is 58.7 cm³/mol. The molecule has 3 rings (SSSR count). The van der Waals surface area contributed by atoms with E-state index in [1.807, 2.05) is 25.1 Å². The molecule has 3 heteroatoms. The van der Waals surface area contributed by atoms with Crippen molar-refractivity contribution < 1.29 is 4.79 Å². The second-order valence-corrected chi connectivity index (χ2v) is 4.40. The highest BCUT2D eigenvalue weighted by molar-refractivity contribution is 6.03. The molecule has 1 aromatic carbocycles. The summed E-state index contributed by atoms with van der Waals surface area (Å²) in [7, 11) is 0. The van der Waals surface area contributed by atoms with E-state index in [9.17, 15) is 4.79 Å². The number of rotatable bonds is 2. The number of fused-ring (bicyclic) bond motifs is 1. The maximum absolute atomic E-state index is 11.8. The van der Waals surface area contributed by atoms with Crippen LogP contribution in [0.4, 0.5) is 5.69 Å². The van der Waals surface area contributed by atoms with Gasteiger partial charge in [0.2, 0.25) is 5.91 Å². The van der Waals surface area contributed by atoms with E-state index in [2.05, 4.69) is 10.6 Å². The lowest BCUT2D eigenvalue weighted by Crippen LogP contribution is -2.29. The first-order chi connectivity index (χ1) is 7.25. The number of hydrogen-bond donors (Lipinski definition) is 2. The molecular weight excluding hydrogens is 188 g/mol. The number of benzene rings is 1. The molecule has 0 bridgehead atoms. The molecule has 1 amide bonds. The van der Waals surface area contributed by atoms with Gasteiger partial charge < -0.3 is 5.32 Å². The molecular formula is C12H14N2O. The molecule has 1 aliphatic carbocycles. The van der Waals surface area contributed by atoms with E-state index >= 15 is 0 Å². The molecule has 3 nitrogen and oxygen atoms in total. The van der Waals surface area contributed by atoms with E-state index in [0.29, 0.717) is 6.04 Å². The van der Waals surface area contributed by atoms with Crippen molar-refractivity contribution in [2.24, 2.45) is 0 Å². The van der Waals surface area contributed by atoms with Gasteiger partial charge in [0.1, 0.15) is 6.04 Å². The lowest BCUT2D eigenvalue weighted by atomic mass is 10.1. The minimum atomic E-state index is -0.132. The monoisotopic (exact) mass is 202 g/mol. The van der Waals surface area contributed by atoms with Gasteiger partial charge in [-0.25, -0.2) is 0 Å². The van der Waals surface area contributed by atoms with Crippen LogP contribution in [0.15, 0.2) is 18.2 Å². The number of nitrogens with one attached hydrogen (secondary N) is 2. The molecule has 0 saturated heterocycles. The molecule has 2 N–H and O–H groups in total. The van der Waals surface area contributed by atoms with E-state index in [0.717, 1.165) is 16.8 Å². The first-order valence-electron chi connectivity index (χ1n) is 5.42. The average molecular weight is 202 g/mol. The zero-order valence-electron chi connectivity index (χ0n) is 8.71. The third kappa shape index (κ3) is 1.43. The smallest absolute Gasteiger partial charge is 0.246 e. The van der Waals surface area contributed by atoms with Crippen molar-refractivity contribution in [1.82, 2.24) is 5.32 Å². The molecule has 1 aliphatic heterocycles. The van der Waals surface area contributed by atoms with Gasteiger partial charge in [0, 0.05) is 17.3 Å². The van der Waals surface area contributed by atoms with Gasteiger partial charge >= 0.3 is 0 Å². The lowest BCUT2D eigenvalue weighted by molar-refractivity contribution is -0.117. The standard InChI is InChI=1S/C12H14N2O/c1-7-3-2-4-9-10(7)14-12(15)11(9)13-8-5-6-8/h2-4,8,11,13H,5-6H2,1H3,(H,14,15). The highest BCUT2D eigenvalue weighted by Gasteiger charge is 2.35. The molecule has 2 aliphatic rings. The Labute approximate surface area is 88.9 Å². The van der Waals surface area contributed by atoms with Crippen molar-refractivity contribution in [2.75, 3.05) is 5.32 Å². The minimum absolute atomic E-state index is 0.0891. The molecule has 0 radical (unpaired) electrons. The molecule has 0 aromatic heterocycles. The van der Waals surface area contributed by atoms with Crippen LogP contribution in [-0.4, -0.2) is 11.9 Å². The number of amides is 1. The number of aryl methyl sites for hydroxylation is 1. The summed E-state index contributed by atoms with van der Waals surface area (Å²) in [5.41, 5.74) is 3.24. The van der Waals surface area contributed by atoms with Crippen LogP contribution in [0.5, 0.6) is 0 Å². The number of carbonyl (C=O) groups excluding carboxylic acids is 1. The van der Waals surface area contributed by atoms with Crippen LogP contribution in [0, 0.1) is 6.92 Å². The molecule has 1 saturated carbocycles. The van der Waals surface area contributed by atoms with Crippen molar-refractivity contribution in [1.29, 1.82) is 0 Å². The highest BCUT2D eigenvalue weighted by atomic mass is 16.2. The van der Waals surface area contributed by atoms with Gasteiger partial charge in [0.05, 0.1) is 0 Å². The largest absolute Gasteiger partial charge is 0.324 e. The van der Waals surface area contributed by atoms with Crippen molar-refractivity contribution >= 4 is 11.6 Å². The summed E-state index contributed by atoms with van der Waals surface area (Å²) < 4.78 is 0. The zero-order chi connectivity index (χ0) is 10.4. The van der Waals surface area contributed by atoms with Crippen LogP contribution < -0.4 is 10.6 Å². The van der Waals surface area contributed by atoms with Gasteiger partial charge in [-0.05, 0) is 25.3 Å². The van der Waals surface area contributed by atoms with Gasteiger partial charge in [-0.1, -0.05) is 18.2 Å². The Bertz CT molecular complexity index is 424. The third-order valence-electron chi connectivity index (χ3n) is 3.11. The van der Waals surface area contributed by atoms with Crippen LogP contribution in [0.2, 0.25) is 0 Å². The van der Waals surface area contributed by atoms with Crippen LogP contribution >= 0.6 is 0 Å². The maximum atomic E-state index is 11.8. The quantitative estimate of drug-likeness (QED) is 0.767. The fourth-order valence-corrected chi connectivity index (χ4v) is 2.09. The summed E-state index contributed by atoms with van der Waals surface area (Å²) in [5.74, 6) is 0.0891. The van der Waals surface area contributed by atoms with E-state index in [4.69, 9.17) is 0 Å². The van der Waals surface area contributed by atoms with Gasteiger partial charge in [0.25, 0.3) is 0 Å². The Morgan fingerprint density at radius 2 is 2.20 bits per heavy atom. The minimum Gasteiger partial charge on any atom is -0.324 e. The predicted octanol–water partition coefficient (Wildman–Crippen LogP) is 1.74. The van der Waals surface area contributed by atoms with E-state index < -0.39 is 0 Å². The summed E-state index contributed by atoms with van der Waals surface area (Å²) in [6.07, 6.45) is 2.40. The van der Waals surface area contributed by atoms with E-state index in [-0.39, 0.29) is 11.9 Å². The van der Waals surface area contributed by atoms with E-state index in [1.54, 1.807) is 0 Å². The fraction of sp³-hybridized carbons (Fsp3) is 0.417. The zero-order valence-corrected chi connectivity index (χ0v) is 8.71. The van der Waals surface area contributed by atoms with Gasteiger partial charge in [0.15, 0.2) is 0 Å². The Morgan fingerprint density at radius 3 is 2.93 bits per heavy atom. The summed E-state index contributed by atoms with van der Waals surface area (Å²) in [6.45, 7) is 2.03. The Morgan fingerprint density at radius 1 is 1.40 bits per heavy atom. The number of para-hydroxylation sites is 1. The number of anilines is 1. The molecule has 1 heterocycles. The third-order valence-corrected chi connectivity index (χ3v) is 3.11. The SMILES string of the molecule is Cc1cccc2c1NC(=O)C2NC1CC1. The summed E-state index contributed by atoms with van der Waals surface area (Å²) in [6, 6.07) is 6.48. The number of carbonyl (C=O) groups is 1. The summed E-state index contributed by atoms with van der Waals surface area (Å²) in [4.78, 5) is 11.8. The normalized spacial score (nSPS) is 23.8. The van der Waals surface area contributed by atoms with Crippen LogP contribution in [0.25, 0.3) is 0 Å².